The topological polar surface area (TPSA) is 54.3 Å². The highest BCUT2D eigenvalue weighted by molar-refractivity contribution is 7.09. The number of amides is 1. The number of hydrogen-bond acceptors (Lipinski definition) is 5. The number of aromatic nitrogens is 3. The molecule has 0 spiro atoms. The van der Waals surface area contributed by atoms with E-state index in [2.05, 4.69) is 58.7 Å². The largest absolute Gasteiger partial charge is 0.336 e. The van der Waals surface area contributed by atoms with E-state index in [9.17, 15) is 4.79 Å². The molecule has 4 aromatic rings. The molecule has 1 aliphatic rings. The molecule has 6 nitrogen and oxygen atoms in total. The molecule has 0 atom stereocenters. The van der Waals surface area contributed by atoms with Gasteiger partial charge in [-0.05, 0) is 36.9 Å². The molecule has 7 heteroatoms. The quantitative estimate of drug-likeness (QED) is 0.464. The minimum atomic E-state index is 0.0751. The van der Waals surface area contributed by atoms with E-state index in [0.29, 0.717) is 12.1 Å². The van der Waals surface area contributed by atoms with Gasteiger partial charge in [-0.25, -0.2) is 9.67 Å². The van der Waals surface area contributed by atoms with Crippen LogP contribution in [-0.4, -0.2) is 56.7 Å². The fraction of sp³-hybridized carbons (Fsp3) is 0.320. The Bertz CT molecular complexity index is 1220. The molecule has 1 saturated heterocycles. The van der Waals surface area contributed by atoms with Crippen molar-refractivity contribution in [2.24, 2.45) is 0 Å². The lowest BCUT2D eigenvalue weighted by atomic mass is 10.1. The highest BCUT2D eigenvalue weighted by Gasteiger charge is 2.25. The zero-order valence-corrected chi connectivity index (χ0v) is 19.3. The number of carbonyl (C=O) groups excluding carboxylic acids is 1. The Hall–Kier alpha value is -3.03. The van der Waals surface area contributed by atoms with E-state index in [0.717, 1.165) is 49.5 Å². The Morgan fingerprint density at radius 3 is 2.53 bits per heavy atom. The number of piperazine rings is 1. The van der Waals surface area contributed by atoms with Crippen molar-refractivity contribution in [1.29, 1.82) is 0 Å². The van der Waals surface area contributed by atoms with Gasteiger partial charge in [0.2, 0.25) is 0 Å². The number of thiophene rings is 1. The average Bonchev–Trinajstić information content (AvgIpc) is 3.45. The average molecular weight is 446 g/mol. The Balaban J connectivity index is 1.34. The molecule has 0 unspecified atom stereocenters. The van der Waals surface area contributed by atoms with Gasteiger partial charge in [0.15, 0.2) is 5.65 Å². The van der Waals surface area contributed by atoms with Gasteiger partial charge in [-0.3, -0.25) is 9.69 Å². The molecule has 1 fully saturated rings. The third kappa shape index (κ3) is 4.31. The first-order valence-electron chi connectivity index (χ1n) is 11.0. The van der Waals surface area contributed by atoms with Gasteiger partial charge in [0, 0.05) is 43.3 Å². The minimum Gasteiger partial charge on any atom is -0.336 e. The Morgan fingerprint density at radius 1 is 1.03 bits per heavy atom. The van der Waals surface area contributed by atoms with Gasteiger partial charge in [-0.15, -0.1) is 11.3 Å². The first-order valence-corrected chi connectivity index (χ1v) is 11.9. The zero-order chi connectivity index (χ0) is 22.1. The van der Waals surface area contributed by atoms with Crippen LogP contribution < -0.4 is 0 Å². The summed E-state index contributed by atoms with van der Waals surface area (Å²) in [6.07, 6.45) is 1.79. The van der Waals surface area contributed by atoms with Crippen LogP contribution in [0.3, 0.4) is 0 Å². The van der Waals surface area contributed by atoms with Gasteiger partial charge >= 0.3 is 0 Å². The van der Waals surface area contributed by atoms with Crippen molar-refractivity contribution in [3.8, 4) is 0 Å². The fourth-order valence-electron chi connectivity index (χ4n) is 4.23. The molecular weight excluding hydrogens is 418 g/mol. The van der Waals surface area contributed by atoms with Gasteiger partial charge in [0.1, 0.15) is 0 Å². The van der Waals surface area contributed by atoms with Crippen molar-refractivity contribution in [2.45, 2.75) is 26.9 Å². The summed E-state index contributed by atoms with van der Waals surface area (Å²) in [5.41, 5.74) is 4.71. The number of fused-ring (bicyclic) bond motifs is 1. The number of rotatable bonds is 5. The van der Waals surface area contributed by atoms with Gasteiger partial charge in [0.25, 0.3) is 5.91 Å². The van der Waals surface area contributed by atoms with Crippen LogP contribution in [0.15, 0.2) is 54.0 Å². The lowest BCUT2D eigenvalue weighted by Crippen LogP contribution is -2.48. The van der Waals surface area contributed by atoms with Crippen molar-refractivity contribution in [2.75, 3.05) is 26.2 Å². The van der Waals surface area contributed by atoms with E-state index in [1.165, 1.54) is 16.0 Å². The highest BCUT2D eigenvalue weighted by atomic mass is 32.1. The maximum absolute atomic E-state index is 13.4. The molecule has 164 valence electrons. The van der Waals surface area contributed by atoms with Crippen molar-refractivity contribution in [3.05, 3.63) is 81.3 Å². The summed E-state index contributed by atoms with van der Waals surface area (Å²) in [7, 11) is 0. The molecule has 1 aliphatic heterocycles. The first-order chi connectivity index (χ1) is 15.6. The second-order valence-corrected chi connectivity index (χ2v) is 9.52. The Labute approximate surface area is 192 Å². The molecule has 0 saturated carbocycles. The van der Waals surface area contributed by atoms with E-state index in [4.69, 9.17) is 4.98 Å². The summed E-state index contributed by atoms with van der Waals surface area (Å²) in [5.74, 6) is 0.0751. The predicted octanol–water partition coefficient (Wildman–Crippen LogP) is 4.12. The summed E-state index contributed by atoms with van der Waals surface area (Å²) in [5, 5.41) is 7.52. The summed E-state index contributed by atoms with van der Waals surface area (Å²) < 4.78 is 1.89. The molecular formula is C25H27N5OS. The third-order valence-corrected chi connectivity index (χ3v) is 6.90. The molecule has 5 rings (SSSR count). The van der Waals surface area contributed by atoms with Crippen molar-refractivity contribution in [3.63, 3.8) is 0 Å². The van der Waals surface area contributed by atoms with Crippen LogP contribution in [0.2, 0.25) is 0 Å². The number of pyridine rings is 1. The number of hydrogen-bond donors (Lipinski definition) is 0. The Kier molecular flexibility index (Phi) is 5.76. The molecule has 0 bridgehead atoms. The fourth-order valence-corrected chi connectivity index (χ4v) is 4.98. The zero-order valence-electron chi connectivity index (χ0n) is 18.5. The lowest BCUT2D eigenvalue weighted by molar-refractivity contribution is 0.0631. The second kappa shape index (κ2) is 8.84. The molecule has 0 aliphatic carbocycles. The van der Waals surface area contributed by atoms with Crippen molar-refractivity contribution < 1.29 is 4.79 Å². The summed E-state index contributed by atoms with van der Waals surface area (Å²) >= 11 is 1.79. The smallest absolute Gasteiger partial charge is 0.254 e. The summed E-state index contributed by atoms with van der Waals surface area (Å²) in [6.45, 7) is 8.89. The maximum Gasteiger partial charge on any atom is 0.254 e. The normalized spacial score (nSPS) is 14.9. The van der Waals surface area contributed by atoms with Crippen LogP contribution in [0.1, 0.15) is 32.1 Å². The molecule has 32 heavy (non-hydrogen) atoms. The van der Waals surface area contributed by atoms with Gasteiger partial charge in [-0.1, -0.05) is 35.9 Å². The number of carbonyl (C=O) groups is 1. The van der Waals surface area contributed by atoms with E-state index >= 15 is 0 Å². The second-order valence-electron chi connectivity index (χ2n) is 8.48. The summed E-state index contributed by atoms with van der Waals surface area (Å²) in [4.78, 5) is 23.9. The molecule has 1 aromatic carbocycles. The molecule has 0 N–H and O–H groups in total. The van der Waals surface area contributed by atoms with E-state index in [-0.39, 0.29) is 5.91 Å². The number of aryl methyl sites for hydroxylation is 2. The Morgan fingerprint density at radius 2 is 1.81 bits per heavy atom. The van der Waals surface area contributed by atoms with Crippen LogP contribution in [0.4, 0.5) is 0 Å². The van der Waals surface area contributed by atoms with Crippen LogP contribution in [0.25, 0.3) is 11.0 Å². The van der Waals surface area contributed by atoms with E-state index < -0.39 is 0 Å². The lowest BCUT2D eigenvalue weighted by Gasteiger charge is -2.34. The molecule has 0 radical (unpaired) electrons. The van der Waals surface area contributed by atoms with Crippen molar-refractivity contribution in [1.82, 2.24) is 24.6 Å². The van der Waals surface area contributed by atoms with Crippen LogP contribution >= 0.6 is 11.3 Å². The number of nitrogens with zero attached hydrogens (tertiary/aromatic N) is 5. The first kappa shape index (κ1) is 20.8. The maximum atomic E-state index is 13.4. The van der Waals surface area contributed by atoms with Gasteiger partial charge < -0.3 is 4.90 Å². The van der Waals surface area contributed by atoms with E-state index in [1.807, 2.05) is 22.6 Å². The predicted molar refractivity (Wildman–Crippen MR) is 128 cm³/mol. The van der Waals surface area contributed by atoms with Crippen molar-refractivity contribution >= 4 is 28.3 Å². The summed E-state index contributed by atoms with van der Waals surface area (Å²) in [6, 6.07) is 14.6. The van der Waals surface area contributed by atoms with E-state index in [1.54, 1.807) is 17.5 Å². The van der Waals surface area contributed by atoms with Gasteiger partial charge in [-0.2, -0.15) is 5.10 Å². The molecule has 4 heterocycles. The molecule has 1 amide bonds. The van der Waals surface area contributed by atoms with Gasteiger partial charge in [0.05, 0.1) is 23.7 Å². The van der Waals surface area contributed by atoms with Crippen LogP contribution in [-0.2, 0) is 13.1 Å². The minimum absolute atomic E-state index is 0.0751. The highest BCUT2D eigenvalue weighted by Crippen LogP contribution is 2.22. The van der Waals surface area contributed by atoms with Crippen LogP contribution in [0, 0.1) is 13.8 Å². The number of benzene rings is 1. The third-order valence-electron chi connectivity index (χ3n) is 6.04. The van der Waals surface area contributed by atoms with Crippen LogP contribution in [0.5, 0.6) is 0 Å². The monoisotopic (exact) mass is 445 g/mol. The SMILES string of the molecule is Cc1ccc(Cn2ncc3c(C(=O)N4CCN(Cc5cccs5)CC4)cc(C)nc32)cc1. The standard InChI is InChI=1S/C25H27N5OS/c1-18-5-7-20(8-6-18)16-30-24-23(15-26-30)22(14-19(2)27-24)25(31)29-11-9-28(10-12-29)17-21-4-3-13-32-21/h3-8,13-15H,9-12,16-17H2,1-2H3. The molecule has 3 aromatic heterocycles.